The Balaban J connectivity index is 1.79. The van der Waals surface area contributed by atoms with E-state index in [1.165, 1.54) is 11.3 Å². The number of halogens is 1. The molecule has 27 heavy (non-hydrogen) atoms. The molecule has 5 nitrogen and oxygen atoms in total. The van der Waals surface area contributed by atoms with Crippen molar-refractivity contribution < 1.29 is 9.53 Å². The fourth-order valence-electron chi connectivity index (χ4n) is 2.33. The molecule has 0 fully saturated rings. The van der Waals surface area contributed by atoms with Crippen LogP contribution in [0.3, 0.4) is 0 Å². The van der Waals surface area contributed by atoms with Crippen LogP contribution in [0.5, 0.6) is 5.75 Å². The normalized spacial score (nSPS) is 10.9. The SMILES string of the molecule is CCNC(=S)N/N=C\c1ccccc1OC(=O)c1sc2ccccc2c1Cl. The van der Waals surface area contributed by atoms with E-state index in [0.29, 0.717) is 32.9 Å². The topological polar surface area (TPSA) is 62.7 Å². The van der Waals surface area contributed by atoms with Gasteiger partial charge in [-0.25, -0.2) is 4.79 Å². The summed E-state index contributed by atoms with van der Waals surface area (Å²) in [6, 6.07) is 14.7. The number of rotatable bonds is 5. The van der Waals surface area contributed by atoms with Crippen LogP contribution in [-0.2, 0) is 0 Å². The number of carbonyl (C=O) groups is 1. The Morgan fingerprint density at radius 3 is 2.78 bits per heavy atom. The third-order valence-electron chi connectivity index (χ3n) is 3.55. The van der Waals surface area contributed by atoms with Gasteiger partial charge < -0.3 is 10.1 Å². The number of hydrogen-bond donors (Lipinski definition) is 2. The molecule has 0 aliphatic rings. The number of ether oxygens (including phenoxy) is 1. The molecule has 3 rings (SSSR count). The summed E-state index contributed by atoms with van der Waals surface area (Å²) < 4.78 is 6.50. The quantitative estimate of drug-likeness (QED) is 0.209. The molecule has 8 heteroatoms. The van der Waals surface area contributed by atoms with Crippen LogP contribution in [0.4, 0.5) is 0 Å². The number of thiocarbonyl (C=S) groups is 1. The lowest BCUT2D eigenvalue weighted by atomic mass is 10.2. The number of para-hydroxylation sites is 1. The molecule has 0 amide bonds. The molecular weight excluding hydrogens is 402 g/mol. The van der Waals surface area contributed by atoms with Crippen LogP contribution in [-0.4, -0.2) is 23.8 Å². The van der Waals surface area contributed by atoms with Gasteiger partial charge in [-0.1, -0.05) is 41.9 Å². The van der Waals surface area contributed by atoms with E-state index < -0.39 is 5.97 Å². The molecule has 0 bridgehead atoms. The molecule has 3 aromatic rings. The van der Waals surface area contributed by atoms with Crippen molar-refractivity contribution in [3.63, 3.8) is 0 Å². The highest BCUT2D eigenvalue weighted by atomic mass is 35.5. The van der Waals surface area contributed by atoms with Crippen molar-refractivity contribution >= 4 is 62.5 Å². The fraction of sp³-hybridized carbons (Fsp3) is 0.105. The third kappa shape index (κ3) is 4.63. The highest BCUT2D eigenvalue weighted by molar-refractivity contribution is 7.80. The molecule has 1 aromatic heterocycles. The molecule has 0 saturated heterocycles. The molecule has 0 atom stereocenters. The molecule has 0 spiro atoms. The summed E-state index contributed by atoms with van der Waals surface area (Å²) in [5, 5.41) is 8.65. The molecule has 0 aliphatic heterocycles. The molecule has 0 aliphatic carbocycles. The van der Waals surface area contributed by atoms with Crippen LogP contribution < -0.4 is 15.5 Å². The molecule has 138 valence electrons. The summed E-state index contributed by atoms with van der Waals surface area (Å²) >= 11 is 12.7. The van der Waals surface area contributed by atoms with E-state index in [1.54, 1.807) is 24.4 Å². The number of fused-ring (bicyclic) bond motifs is 1. The van der Waals surface area contributed by atoms with E-state index in [9.17, 15) is 4.79 Å². The summed E-state index contributed by atoms with van der Waals surface area (Å²) in [5.41, 5.74) is 3.34. The standard InChI is InChI=1S/C19H16ClN3O2S2/c1-2-21-19(26)23-22-11-12-7-3-5-9-14(12)25-18(24)17-16(20)13-8-4-6-10-15(13)27-17/h3-11H,2H2,1H3,(H2,21,23,26)/b22-11-. The highest BCUT2D eigenvalue weighted by Crippen LogP contribution is 2.35. The summed E-state index contributed by atoms with van der Waals surface area (Å²) in [5.74, 6) is -0.117. The van der Waals surface area contributed by atoms with Gasteiger partial charge in [0.15, 0.2) is 5.11 Å². The van der Waals surface area contributed by atoms with E-state index in [1.807, 2.05) is 37.3 Å². The van der Waals surface area contributed by atoms with Gasteiger partial charge in [0.05, 0.1) is 11.2 Å². The van der Waals surface area contributed by atoms with Crippen LogP contribution in [0.1, 0.15) is 22.2 Å². The monoisotopic (exact) mass is 417 g/mol. The van der Waals surface area contributed by atoms with Crippen molar-refractivity contribution in [2.45, 2.75) is 6.92 Å². The van der Waals surface area contributed by atoms with Gasteiger partial charge in [0, 0.05) is 22.2 Å². The van der Waals surface area contributed by atoms with E-state index in [0.717, 1.165) is 10.1 Å². The van der Waals surface area contributed by atoms with Gasteiger partial charge in [0.1, 0.15) is 10.6 Å². The Hall–Kier alpha value is -2.48. The lowest BCUT2D eigenvalue weighted by molar-refractivity contribution is 0.0740. The number of carbonyl (C=O) groups excluding carboxylic acids is 1. The van der Waals surface area contributed by atoms with E-state index in [4.69, 9.17) is 28.6 Å². The summed E-state index contributed by atoms with van der Waals surface area (Å²) in [7, 11) is 0. The molecule has 2 N–H and O–H groups in total. The maximum Gasteiger partial charge on any atom is 0.355 e. The van der Waals surface area contributed by atoms with Crippen LogP contribution in [0.2, 0.25) is 5.02 Å². The van der Waals surface area contributed by atoms with Crippen LogP contribution in [0, 0.1) is 0 Å². The average molecular weight is 418 g/mol. The Morgan fingerprint density at radius 2 is 2.00 bits per heavy atom. The fourth-order valence-corrected chi connectivity index (χ4v) is 3.91. The number of nitrogens with zero attached hydrogens (tertiary/aromatic N) is 1. The van der Waals surface area contributed by atoms with Crippen molar-refractivity contribution in [2.75, 3.05) is 6.54 Å². The molecule has 0 saturated carbocycles. The van der Waals surface area contributed by atoms with Gasteiger partial charge in [-0.15, -0.1) is 11.3 Å². The maximum atomic E-state index is 12.6. The minimum absolute atomic E-state index is 0.371. The summed E-state index contributed by atoms with van der Waals surface area (Å²) in [4.78, 5) is 13.0. The maximum absolute atomic E-state index is 12.6. The van der Waals surface area contributed by atoms with Crippen molar-refractivity contribution in [3.05, 3.63) is 64.0 Å². The number of nitrogens with one attached hydrogen (secondary N) is 2. The predicted octanol–water partition coefficient (Wildman–Crippen LogP) is 4.59. The average Bonchev–Trinajstić information content (AvgIpc) is 3.00. The van der Waals surface area contributed by atoms with Gasteiger partial charge in [0.25, 0.3) is 0 Å². The summed E-state index contributed by atoms with van der Waals surface area (Å²) in [6.45, 7) is 2.64. The number of hydrogen-bond acceptors (Lipinski definition) is 5. The van der Waals surface area contributed by atoms with Gasteiger partial charge in [-0.05, 0) is 37.3 Å². The number of thiophene rings is 1. The second kappa shape index (κ2) is 8.94. The first-order valence-electron chi connectivity index (χ1n) is 8.15. The van der Waals surface area contributed by atoms with Crippen LogP contribution in [0.15, 0.2) is 53.6 Å². The van der Waals surface area contributed by atoms with Gasteiger partial charge in [0.2, 0.25) is 0 Å². The minimum Gasteiger partial charge on any atom is -0.422 e. The molecule has 0 radical (unpaired) electrons. The number of esters is 1. The molecule has 1 heterocycles. The molecule has 2 aromatic carbocycles. The number of benzene rings is 2. The van der Waals surface area contributed by atoms with Crippen molar-refractivity contribution in [1.82, 2.24) is 10.7 Å². The van der Waals surface area contributed by atoms with Crippen LogP contribution in [0.25, 0.3) is 10.1 Å². The smallest absolute Gasteiger partial charge is 0.355 e. The van der Waals surface area contributed by atoms with E-state index >= 15 is 0 Å². The first-order chi connectivity index (χ1) is 13.1. The van der Waals surface area contributed by atoms with Crippen molar-refractivity contribution in [3.8, 4) is 5.75 Å². The Morgan fingerprint density at radius 1 is 1.26 bits per heavy atom. The van der Waals surface area contributed by atoms with Crippen LogP contribution >= 0.6 is 35.2 Å². The zero-order chi connectivity index (χ0) is 19.2. The van der Waals surface area contributed by atoms with E-state index in [2.05, 4.69) is 15.8 Å². The Kier molecular flexibility index (Phi) is 6.39. The molecular formula is C19H16ClN3O2S2. The first-order valence-corrected chi connectivity index (χ1v) is 9.75. The first kappa shape index (κ1) is 19.3. The van der Waals surface area contributed by atoms with Gasteiger partial charge in [-0.2, -0.15) is 5.10 Å². The highest BCUT2D eigenvalue weighted by Gasteiger charge is 2.19. The number of hydrazone groups is 1. The second-order valence-electron chi connectivity index (χ2n) is 5.40. The largest absolute Gasteiger partial charge is 0.422 e. The summed E-state index contributed by atoms with van der Waals surface area (Å²) in [6.07, 6.45) is 1.54. The minimum atomic E-state index is -0.502. The Labute approximate surface area is 171 Å². The lowest BCUT2D eigenvalue weighted by Gasteiger charge is -2.07. The molecule has 0 unspecified atom stereocenters. The van der Waals surface area contributed by atoms with Crippen molar-refractivity contribution in [1.29, 1.82) is 0 Å². The third-order valence-corrected chi connectivity index (χ3v) is 5.44. The second-order valence-corrected chi connectivity index (χ2v) is 7.24. The Bertz CT molecular complexity index is 1020. The van der Waals surface area contributed by atoms with Crippen molar-refractivity contribution in [2.24, 2.45) is 5.10 Å². The van der Waals surface area contributed by atoms with Gasteiger partial charge >= 0.3 is 5.97 Å². The van der Waals surface area contributed by atoms with Gasteiger partial charge in [-0.3, -0.25) is 5.43 Å². The lowest BCUT2D eigenvalue weighted by Crippen LogP contribution is -2.31. The predicted molar refractivity (Wildman–Crippen MR) is 115 cm³/mol. The zero-order valence-corrected chi connectivity index (χ0v) is 16.8. The van der Waals surface area contributed by atoms with E-state index in [-0.39, 0.29) is 0 Å². The zero-order valence-electron chi connectivity index (χ0n) is 14.4.